The minimum absolute atomic E-state index is 0.350. The van der Waals surface area contributed by atoms with E-state index in [4.69, 9.17) is 5.11 Å². The zero-order chi connectivity index (χ0) is 9.14. The monoisotopic (exact) mass is 169 g/mol. The first-order chi connectivity index (χ1) is 5.63. The van der Waals surface area contributed by atoms with Gasteiger partial charge in [-0.1, -0.05) is 6.07 Å². The number of hydrogen-bond acceptors (Lipinski definition) is 1. The Bertz CT molecular complexity index is 253. The Hall–Kier alpha value is -0.930. The molecule has 0 amide bonds. The number of hydrogen-bond donors (Lipinski definition) is 1. The Labute approximate surface area is 70.3 Å². The van der Waals surface area contributed by atoms with Crippen molar-refractivity contribution in [1.29, 1.82) is 0 Å². The molecule has 65 valence electrons. The van der Waals surface area contributed by atoms with Gasteiger partial charge < -0.3 is 5.11 Å². The molecule has 1 aromatic rings. The lowest BCUT2D eigenvalue weighted by atomic mass is 10.1. The number of benzene rings is 1. The predicted octanol–water partition coefficient (Wildman–Crippen LogP) is 1.60. The van der Waals surface area contributed by atoms with Crippen LogP contribution in [0, 0.1) is 12.7 Å². The normalized spacial score (nSPS) is 13.0. The van der Waals surface area contributed by atoms with Crippen LogP contribution in [-0.4, -0.2) is 11.7 Å². The van der Waals surface area contributed by atoms with Gasteiger partial charge in [-0.2, -0.15) is 0 Å². The lowest BCUT2D eigenvalue weighted by Gasteiger charge is -2.06. The van der Waals surface area contributed by atoms with Crippen LogP contribution in [0.2, 0.25) is 0 Å². The van der Waals surface area contributed by atoms with E-state index >= 15 is 0 Å². The molecule has 0 aliphatic carbocycles. The highest BCUT2D eigenvalue weighted by atomic mass is 19.1. The quantitative estimate of drug-likeness (QED) is 0.717. The standard InChI is InChI=1S/C9H10FO2/c1-6-2-7(9(12)5-11)4-8(10)3-6/h2-4,9,12H,5H2,1H3. The lowest BCUT2D eigenvalue weighted by Crippen LogP contribution is -2.02. The summed E-state index contributed by atoms with van der Waals surface area (Å²) in [4.78, 5) is 0. The fourth-order valence-corrected chi connectivity index (χ4v) is 1.05. The topological polar surface area (TPSA) is 40.1 Å². The van der Waals surface area contributed by atoms with Gasteiger partial charge >= 0.3 is 0 Å². The SMILES string of the molecule is Cc1cc(F)cc(C(O)C[O])c1. The molecule has 0 aliphatic rings. The highest BCUT2D eigenvalue weighted by Crippen LogP contribution is 2.15. The first kappa shape index (κ1) is 9.16. The highest BCUT2D eigenvalue weighted by Gasteiger charge is 2.07. The Kier molecular flexibility index (Phi) is 2.78. The van der Waals surface area contributed by atoms with E-state index in [9.17, 15) is 9.50 Å². The van der Waals surface area contributed by atoms with Crippen molar-refractivity contribution in [3.05, 3.63) is 35.1 Å². The second-order valence-electron chi connectivity index (χ2n) is 2.74. The van der Waals surface area contributed by atoms with Crippen LogP contribution in [0.5, 0.6) is 0 Å². The molecular weight excluding hydrogens is 159 g/mol. The summed E-state index contributed by atoms with van der Waals surface area (Å²) in [7, 11) is 0. The van der Waals surface area contributed by atoms with E-state index in [1.807, 2.05) is 0 Å². The zero-order valence-electron chi connectivity index (χ0n) is 6.75. The van der Waals surface area contributed by atoms with Crippen molar-refractivity contribution in [3.63, 3.8) is 0 Å². The lowest BCUT2D eigenvalue weighted by molar-refractivity contribution is 0.0548. The van der Waals surface area contributed by atoms with Crippen molar-refractivity contribution in [2.45, 2.75) is 13.0 Å². The van der Waals surface area contributed by atoms with Crippen LogP contribution in [-0.2, 0) is 5.11 Å². The maximum Gasteiger partial charge on any atom is 0.123 e. The van der Waals surface area contributed by atoms with E-state index in [-0.39, 0.29) is 0 Å². The first-order valence-corrected chi connectivity index (χ1v) is 3.66. The first-order valence-electron chi connectivity index (χ1n) is 3.66. The molecule has 3 heteroatoms. The molecule has 1 rings (SSSR count). The van der Waals surface area contributed by atoms with Crippen molar-refractivity contribution in [1.82, 2.24) is 0 Å². The van der Waals surface area contributed by atoms with Gasteiger partial charge in [0.2, 0.25) is 0 Å². The molecule has 1 aromatic carbocycles. The summed E-state index contributed by atoms with van der Waals surface area (Å²) < 4.78 is 12.7. The van der Waals surface area contributed by atoms with Gasteiger partial charge in [0.1, 0.15) is 18.5 Å². The second-order valence-corrected chi connectivity index (χ2v) is 2.74. The van der Waals surface area contributed by atoms with Crippen molar-refractivity contribution in [3.8, 4) is 0 Å². The van der Waals surface area contributed by atoms with Gasteiger partial charge in [0.15, 0.2) is 0 Å². The van der Waals surface area contributed by atoms with Gasteiger partial charge in [0, 0.05) is 0 Å². The largest absolute Gasteiger partial charge is 0.386 e. The molecule has 0 heterocycles. The summed E-state index contributed by atoms with van der Waals surface area (Å²) in [6.45, 7) is 1.08. The van der Waals surface area contributed by atoms with E-state index in [0.29, 0.717) is 11.1 Å². The van der Waals surface area contributed by atoms with Crippen LogP contribution >= 0.6 is 0 Å². The molecule has 1 N–H and O–H groups in total. The average Bonchev–Trinajstić information content (AvgIpc) is 2.01. The summed E-state index contributed by atoms with van der Waals surface area (Å²) in [5, 5.41) is 19.4. The Balaban J connectivity index is 3.00. The second kappa shape index (κ2) is 3.65. The van der Waals surface area contributed by atoms with Crippen LogP contribution < -0.4 is 0 Å². The molecule has 1 unspecified atom stereocenters. The van der Waals surface area contributed by atoms with Crippen molar-refractivity contribution in [2.75, 3.05) is 6.61 Å². The summed E-state index contributed by atoms with van der Waals surface area (Å²) in [5.41, 5.74) is 1.06. The molecule has 0 bridgehead atoms. The number of aliphatic hydroxyl groups is 1. The predicted molar refractivity (Wildman–Crippen MR) is 41.7 cm³/mol. The zero-order valence-corrected chi connectivity index (χ0v) is 6.75. The molecule has 1 radical (unpaired) electrons. The number of rotatable bonds is 2. The minimum atomic E-state index is -1.10. The summed E-state index contributed by atoms with van der Waals surface area (Å²) in [5.74, 6) is -0.419. The Morgan fingerprint density at radius 3 is 2.67 bits per heavy atom. The smallest absolute Gasteiger partial charge is 0.123 e. The molecule has 1 atom stereocenters. The van der Waals surface area contributed by atoms with Crippen LogP contribution in [0.1, 0.15) is 17.2 Å². The van der Waals surface area contributed by atoms with Crippen molar-refractivity contribution in [2.24, 2.45) is 0 Å². The van der Waals surface area contributed by atoms with Gasteiger partial charge in [-0.05, 0) is 30.2 Å². The average molecular weight is 169 g/mol. The molecule has 0 aliphatic heterocycles. The van der Waals surface area contributed by atoms with Crippen LogP contribution in [0.3, 0.4) is 0 Å². The van der Waals surface area contributed by atoms with Crippen LogP contribution in [0.4, 0.5) is 4.39 Å². The summed E-state index contributed by atoms with van der Waals surface area (Å²) in [6, 6.07) is 4.13. The summed E-state index contributed by atoms with van der Waals surface area (Å²) in [6.07, 6.45) is -1.10. The number of halogens is 1. The van der Waals surface area contributed by atoms with Crippen molar-refractivity contribution >= 4 is 0 Å². The van der Waals surface area contributed by atoms with Crippen LogP contribution in [0.25, 0.3) is 0 Å². The van der Waals surface area contributed by atoms with E-state index in [0.717, 1.165) is 0 Å². The third-order valence-corrected chi connectivity index (χ3v) is 1.61. The molecule has 2 nitrogen and oxygen atoms in total. The van der Waals surface area contributed by atoms with E-state index < -0.39 is 18.5 Å². The molecular formula is C9H10FO2. The molecule has 0 fully saturated rings. The minimum Gasteiger partial charge on any atom is -0.386 e. The third-order valence-electron chi connectivity index (χ3n) is 1.61. The van der Waals surface area contributed by atoms with Gasteiger partial charge in [-0.3, -0.25) is 0 Å². The maximum absolute atomic E-state index is 12.7. The van der Waals surface area contributed by atoms with E-state index in [1.165, 1.54) is 12.1 Å². The van der Waals surface area contributed by atoms with Crippen LogP contribution in [0.15, 0.2) is 18.2 Å². The third kappa shape index (κ3) is 2.03. The van der Waals surface area contributed by atoms with Crippen molar-refractivity contribution < 1.29 is 14.6 Å². The molecule has 12 heavy (non-hydrogen) atoms. The molecule has 0 saturated carbocycles. The molecule has 0 saturated heterocycles. The van der Waals surface area contributed by atoms with E-state index in [2.05, 4.69) is 0 Å². The fourth-order valence-electron chi connectivity index (χ4n) is 1.05. The Morgan fingerprint density at radius 2 is 2.17 bits per heavy atom. The molecule has 0 aromatic heterocycles. The van der Waals surface area contributed by atoms with E-state index in [1.54, 1.807) is 13.0 Å². The summed E-state index contributed by atoms with van der Waals surface area (Å²) >= 11 is 0. The maximum atomic E-state index is 12.7. The van der Waals surface area contributed by atoms with Gasteiger partial charge in [0.05, 0.1) is 0 Å². The fraction of sp³-hybridized carbons (Fsp3) is 0.333. The number of aliphatic hydroxyl groups excluding tert-OH is 1. The van der Waals surface area contributed by atoms with Gasteiger partial charge in [-0.15, -0.1) is 0 Å². The van der Waals surface area contributed by atoms with Gasteiger partial charge in [-0.25, -0.2) is 9.50 Å². The van der Waals surface area contributed by atoms with Gasteiger partial charge in [0.25, 0.3) is 0 Å². The molecule has 0 spiro atoms. The highest BCUT2D eigenvalue weighted by molar-refractivity contribution is 5.25. The Morgan fingerprint density at radius 1 is 1.50 bits per heavy atom. The number of aryl methyl sites for hydroxylation is 1.